The summed E-state index contributed by atoms with van der Waals surface area (Å²) < 4.78 is 0. The summed E-state index contributed by atoms with van der Waals surface area (Å²) >= 11 is 0. The molecule has 0 aliphatic heterocycles. The molecule has 0 saturated heterocycles. The molecule has 0 heterocycles. The summed E-state index contributed by atoms with van der Waals surface area (Å²) in [5, 5.41) is 9.11. The minimum atomic E-state index is -0.603. The van der Waals surface area contributed by atoms with Crippen LogP contribution in [-0.2, 0) is 0 Å². The summed E-state index contributed by atoms with van der Waals surface area (Å²) in [6.45, 7) is 5.41. The highest BCUT2D eigenvalue weighted by molar-refractivity contribution is 4.69. The third-order valence-corrected chi connectivity index (χ3v) is 0.822. The summed E-state index contributed by atoms with van der Waals surface area (Å²) in [6, 6.07) is 0.0926. The Morgan fingerprint density at radius 2 is 2.00 bits per heavy atom. The van der Waals surface area contributed by atoms with E-state index in [4.69, 9.17) is 10.8 Å². The normalized spacial score (nSPS) is 16.1. The van der Waals surface area contributed by atoms with E-state index >= 15 is 0 Å². The number of hydrogen-bond acceptors (Lipinski definition) is 2. The van der Waals surface area contributed by atoms with Crippen LogP contribution < -0.4 is 5.73 Å². The highest BCUT2D eigenvalue weighted by Crippen LogP contribution is 2.07. The average molecular weight is 117 g/mol. The molecule has 0 rings (SSSR count). The van der Waals surface area contributed by atoms with E-state index in [0.29, 0.717) is 6.42 Å². The van der Waals surface area contributed by atoms with Gasteiger partial charge in [0.05, 0.1) is 5.60 Å². The van der Waals surface area contributed by atoms with E-state index in [2.05, 4.69) is 0 Å². The molecule has 0 aromatic carbocycles. The first-order valence-electron chi connectivity index (χ1n) is 2.90. The molecular formula is C6H15NO. The lowest BCUT2D eigenvalue weighted by Crippen LogP contribution is -2.29. The molecule has 0 aliphatic rings. The third kappa shape index (κ3) is 5.92. The molecule has 0 fully saturated rings. The molecule has 0 bridgehead atoms. The second kappa shape index (κ2) is 2.46. The van der Waals surface area contributed by atoms with Crippen LogP contribution in [0, 0.1) is 0 Å². The minimum Gasteiger partial charge on any atom is -0.390 e. The van der Waals surface area contributed by atoms with Gasteiger partial charge in [0, 0.05) is 6.04 Å². The maximum Gasteiger partial charge on any atom is 0.0606 e. The van der Waals surface area contributed by atoms with Crippen LogP contribution in [0.15, 0.2) is 0 Å². The lowest BCUT2D eigenvalue weighted by Gasteiger charge is -2.18. The van der Waals surface area contributed by atoms with Gasteiger partial charge < -0.3 is 10.8 Å². The van der Waals surface area contributed by atoms with Crippen molar-refractivity contribution in [3.63, 3.8) is 0 Å². The van der Waals surface area contributed by atoms with E-state index < -0.39 is 5.60 Å². The van der Waals surface area contributed by atoms with Crippen molar-refractivity contribution in [3.8, 4) is 0 Å². The van der Waals surface area contributed by atoms with E-state index in [-0.39, 0.29) is 6.04 Å². The Kier molecular flexibility index (Phi) is 2.44. The van der Waals surface area contributed by atoms with Gasteiger partial charge >= 0.3 is 0 Å². The van der Waals surface area contributed by atoms with Crippen LogP contribution in [0.3, 0.4) is 0 Å². The first-order chi connectivity index (χ1) is 3.42. The summed E-state index contributed by atoms with van der Waals surface area (Å²) in [7, 11) is 0. The van der Waals surface area contributed by atoms with Gasteiger partial charge in [-0.1, -0.05) is 0 Å². The van der Waals surface area contributed by atoms with Crippen molar-refractivity contribution >= 4 is 0 Å². The Morgan fingerprint density at radius 3 is 2.00 bits per heavy atom. The smallest absolute Gasteiger partial charge is 0.0606 e. The van der Waals surface area contributed by atoms with Gasteiger partial charge in [0.1, 0.15) is 0 Å². The van der Waals surface area contributed by atoms with Gasteiger partial charge in [-0.25, -0.2) is 0 Å². The first kappa shape index (κ1) is 7.92. The monoisotopic (exact) mass is 117 g/mol. The predicted octanol–water partition coefficient (Wildman–Crippen LogP) is 0.495. The average Bonchev–Trinajstić information content (AvgIpc) is 1.21. The SMILES string of the molecule is C[C@@H](N)CC(C)(C)O. The van der Waals surface area contributed by atoms with E-state index in [1.54, 1.807) is 13.8 Å². The fraction of sp³-hybridized carbons (Fsp3) is 1.00. The number of rotatable bonds is 2. The maximum absolute atomic E-state index is 9.11. The highest BCUT2D eigenvalue weighted by Gasteiger charge is 2.13. The Hall–Kier alpha value is -0.0800. The highest BCUT2D eigenvalue weighted by atomic mass is 16.3. The fourth-order valence-corrected chi connectivity index (χ4v) is 0.788. The second-order valence-electron chi connectivity index (χ2n) is 2.99. The van der Waals surface area contributed by atoms with Crippen molar-refractivity contribution in [2.75, 3.05) is 0 Å². The van der Waals surface area contributed by atoms with Gasteiger partial charge in [0.2, 0.25) is 0 Å². The molecule has 0 amide bonds. The number of hydrogen-bond donors (Lipinski definition) is 2. The Morgan fingerprint density at radius 1 is 1.62 bits per heavy atom. The first-order valence-corrected chi connectivity index (χ1v) is 2.90. The fourth-order valence-electron chi connectivity index (χ4n) is 0.788. The van der Waals surface area contributed by atoms with E-state index in [1.165, 1.54) is 0 Å². The summed E-state index contributed by atoms with van der Waals surface area (Å²) in [5.74, 6) is 0. The van der Waals surface area contributed by atoms with Crippen molar-refractivity contribution in [2.45, 2.75) is 38.8 Å². The molecule has 0 aromatic heterocycles. The predicted molar refractivity (Wildman–Crippen MR) is 34.6 cm³/mol. The lowest BCUT2D eigenvalue weighted by molar-refractivity contribution is 0.0655. The topological polar surface area (TPSA) is 46.2 Å². The van der Waals surface area contributed by atoms with Crippen LogP contribution in [-0.4, -0.2) is 16.7 Å². The van der Waals surface area contributed by atoms with Gasteiger partial charge in [-0.3, -0.25) is 0 Å². The molecule has 0 spiro atoms. The molecule has 0 aromatic rings. The third-order valence-electron chi connectivity index (χ3n) is 0.822. The molecule has 0 radical (unpaired) electrons. The molecule has 2 nitrogen and oxygen atoms in total. The summed E-state index contributed by atoms with van der Waals surface area (Å²) in [6.07, 6.45) is 0.660. The quantitative estimate of drug-likeness (QED) is 0.553. The molecule has 8 heavy (non-hydrogen) atoms. The van der Waals surface area contributed by atoms with Crippen LogP contribution in [0.2, 0.25) is 0 Å². The molecule has 0 unspecified atom stereocenters. The Labute approximate surface area is 50.7 Å². The van der Waals surface area contributed by atoms with Crippen molar-refractivity contribution < 1.29 is 5.11 Å². The number of aliphatic hydroxyl groups is 1. The van der Waals surface area contributed by atoms with Crippen molar-refractivity contribution in [1.82, 2.24) is 0 Å². The van der Waals surface area contributed by atoms with Gasteiger partial charge in [-0.15, -0.1) is 0 Å². The molecule has 2 heteroatoms. The standard InChI is InChI=1S/C6H15NO/c1-5(7)4-6(2,3)8/h5,8H,4,7H2,1-3H3/t5-/m1/s1. The second-order valence-corrected chi connectivity index (χ2v) is 2.99. The van der Waals surface area contributed by atoms with Crippen LogP contribution >= 0.6 is 0 Å². The van der Waals surface area contributed by atoms with Crippen LogP contribution in [0.5, 0.6) is 0 Å². The van der Waals surface area contributed by atoms with Gasteiger partial charge in [-0.05, 0) is 27.2 Å². The zero-order valence-electron chi connectivity index (χ0n) is 5.81. The largest absolute Gasteiger partial charge is 0.390 e. The molecule has 0 aliphatic carbocycles. The molecular weight excluding hydrogens is 102 g/mol. The Balaban J connectivity index is 3.39. The van der Waals surface area contributed by atoms with Crippen LogP contribution in [0.25, 0.3) is 0 Å². The summed E-state index contributed by atoms with van der Waals surface area (Å²) in [5.41, 5.74) is 4.82. The van der Waals surface area contributed by atoms with Gasteiger partial charge in [0.25, 0.3) is 0 Å². The van der Waals surface area contributed by atoms with Gasteiger partial charge in [-0.2, -0.15) is 0 Å². The molecule has 1 atom stereocenters. The Bertz CT molecular complexity index is 63.4. The van der Waals surface area contributed by atoms with Crippen molar-refractivity contribution in [1.29, 1.82) is 0 Å². The van der Waals surface area contributed by atoms with E-state index in [1.807, 2.05) is 6.92 Å². The van der Waals surface area contributed by atoms with Gasteiger partial charge in [0.15, 0.2) is 0 Å². The zero-order valence-corrected chi connectivity index (χ0v) is 5.81. The molecule has 50 valence electrons. The zero-order chi connectivity index (χ0) is 6.78. The number of nitrogens with two attached hydrogens (primary N) is 1. The van der Waals surface area contributed by atoms with Crippen molar-refractivity contribution in [3.05, 3.63) is 0 Å². The van der Waals surface area contributed by atoms with Crippen LogP contribution in [0.1, 0.15) is 27.2 Å². The summed E-state index contributed by atoms with van der Waals surface area (Å²) in [4.78, 5) is 0. The van der Waals surface area contributed by atoms with E-state index in [9.17, 15) is 0 Å². The van der Waals surface area contributed by atoms with Crippen LogP contribution in [0.4, 0.5) is 0 Å². The maximum atomic E-state index is 9.11. The van der Waals surface area contributed by atoms with Crippen molar-refractivity contribution in [2.24, 2.45) is 5.73 Å². The minimum absolute atomic E-state index is 0.0926. The molecule has 0 saturated carbocycles. The lowest BCUT2D eigenvalue weighted by atomic mass is 10.0. The molecule has 3 N–H and O–H groups in total. The van der Waals surface area contributed by atoms with E-state index in [0.717, 1.165) is 0 Å².